The standard InChI is InChI=1S/C24H20N4O3S/c25-17-18-7-1-5-11-22(18)32-23-12-6-2-8-19(23)24(29)27-15-13-26(14-16-27)20-9-3-4-10-21(20)28(30)31/h1-12H,13-16H2. The fraction of sp³-hybridized carbons (Fsp3) is 0.167. The smallest absolute Gasteiger partial charge is 0.292 e. The largest absolute Gasteiger partial charge is 0.362 e. The Labute approximate surface area is 190 Å². The van der Waals surface area contributed by atoms with Crippen molar-refractivity contribution in [1.29, 1.82) is 5.26 Å². The minimum atomic E-state index is -0.376. The molecule has 1 aliphatic heterocycles. The highest BCUT2D eigenvalue weighted by Gasteiger charge is 2.27. The lowest BCUT2D eigenvalue weighted by Crippen LogP contribution is -2.49. The summed E-state index contributed by atoms with van der Waals surface area (Å²) in [6.07, 6.45) is 0. The first-order valence-electron chi connectivity index (χ1n) is 10.1. The van der Waals surface area contributed by atoms with Crippen molar-refractivity contribution in [2.75, 3.05) is 31.1 Å². The molecule has 1 amide bonds. The van der Waals surface area contributed by atoms with E-state index < -0.39 is 0 Å². The number of nitrogens with zero attached hydrogens (tertiary/aromatic N) is 4. The summed E-state index contributed by atoms with van der Waals surface area (Å²) in [4.78, 5) is 29.6. The van der Waals surface area contributed by atoms with Crippen LogP contribution < -0.4 is 4.90 Å². The van der Waals surface area contributed by atoms with Gasteiger partial charge in [-0.25, -0.2) is 0 Å². The van der Waals surface area contributed by atoms with Crippen molar-refractivity contribution in [2.24, 2.45) is 0 Å². The van der Waals surface area contributed by atoms with E-state index >= 15 is 0 Å². The number of nitriles is 1. The van der Waals surface area contributed by atoms with Crippen LogP contribution in [0, 0.1) is 21.4 Å². The van der Waals surface area contributed by atoms with Crippen LogP contribution in [0.4, 0.5) is 11.4 Å². The monoisotopic (exact) mass is 444 g/mol. The Balaban J connectivity index is 1.50. The highest BCUT2D eigenvalue weighted by atomic mass is 32.2. The van der Waals surface area contributed by atoms with Crippen LogP contribution in [0.15, 0.2) is 82.6 Å². The molecule has 1 fully saturated rings. The van der Waals surface area contributed by atoms with Gasteiger partial charge in [-0.05, 0) is 30.3 Å². The number of hydrogen-bond acceptors (Lipinski definition) is 6. The number of nitro groups is 1. The summed E-state index contributed by atoms with van der Waals surface area (Å²) >= 11 is 1.40. The topological polar surface area (TPSA) is 90.5 Å². The first-order chi connectivity index (χ1) is 15.6. The third-order valence-corrected chi connectivity index (χ3v) is 6.48. The van der Waals surface area contributed by atoms with Crippen molar-refractivity contribution in [3.63, 3.8) is 0 Å². The van der Waals surface area contributed by atoms with E-state index in [-0.39, 0.29) is 16.5 Å². The molecule has 3 aromatic carbocycles. The molecule has 32 heavy (non-hydrogen) atoms. The van der Waals surface area contributed by atoms with Gasteiger partial charge < -0.3 is 9.80 Å². The number of benzene rings is 3. The quantitative estimate of drug-likeness (QED) is 0.423. The SMILES string of the molecule is N#Cc1ccccc1Sc1ccccc1C(=O)N1CCN(c2ccccc2[N+](=O)[O-])CC1. The lowest BCUT2D eigenvalue weighted by Gasteiger charge is -2.36. The van der Waals surface area contributed by atoms with Gasteiger partial charge in [-0.2, -0.15) is 5.26 Å². The second-order valence-corrected chi connectivity index (χ2v) is 8.32. The van der Waals surface area contributed by atoms with Crippen molar-refractivity contribution in [1.82, 2.24) is 4.90 Å². The molecule has 4 rings (SSSR count). The number of piperazine rings is 1. The van der Waals surface area contributed by atoms with E-state index in [2.05, 4.69) is 6.07 Å². The van der Waals surface area contributed by atoms with Gasteiger partial charge in [-0.1, -0.05) is 48.2 Å². The molecule has 1 saturated heterocycles. The minimum Gasteiger partial charge on any atom is -0.362 e. The van der Waals surface area contributed by atoms with Gasteiger partial charge in [0.05, 0.1) is 16.1 Å². The first-order valence-corrected chi connectivity index (χ1v) is 10.9. The minimum absolute atomic E-state index is 0.0742. The molecule has 1 heterocycles. The van der Waals surface area contributed by atoms with Crippen LogP contribution in [-0.4, -0.2) is 41.9 Å². The molecule has 0 N–H and O–H groups in total. The fourth-order valence-corrected chi connectivity index (χ4v) is 4.72. The van der Waals surface area contributed by atoms with Crippen LogP contribution in [0.5, 0.6) is 0 Å². The summed E-state index contributed by atoms with van der Waals surface area (Å²) in [6, 6.07) is 23.6. The maximum Gasteiger partial charge on any atom is 0.292 e. The molecular weight excluding hydrogens is 424 g/mol. The van der Waals surface area contributed by atoms with E-state index in [0.29, 0.717) is 43.0 Å². The van der Waals surface area contributed by atoms with Crippen LogP contribution in [0.3, 0.4) is 0 Å². The van der Waals surface area contributed by atoms with Gasteiger partial charge in [0.1, 0.15) is 11.8 Å². The Morgan fingerprint density at radius 3 is 2.25 bits per heavy atom. The molecule has 0 bridgehead atoms. The van der Waals surface area contributed by atoms with Crippen molar-refractivity contribution in [3.8, 4) is 6.07 Å². The van der Waals surface area contributed by atoms with E-state index in [0.717, 1.165) is 9.79 Å². The third kappa shape index (κ3) is 4.43. The molecule has 160 valence electrons. The maximum atomic E-state index is 13.3. The zero-order valence-corrected chi connectivity index (χ0v) is 18.0. The van der Waals surface area contributed by atoms with Crippen molar-refractivity contribution < 1.29 is 9.72 Å². The summed E-state index contributed by atoms with van der Waals surface area (Å²) in [5.74, 6) is -0.0789. The molecule has 8 heteroatoms. The summed E-state index contributed by atoms with van der Waals surface area (Å²) in [5.41, 5.74) is 1.81. The lowest BCUT2D eigenvalue weighted by atomic mass is 10.1. The molecule has 7 nitrogen and oxygen atoms in total. The predicted octanol–water partition coefficient (Wildman–Crippen LogP) is 4.58. The Morgan fingerprint density at radius 2 is 1.53 bits per heavy atom. The normalized spacial score (nSPS) is 13.5. The summed E-state index contributed by atoms with van der Waals surface area (Å²) in [5, 5.41) is 20.7. The predicted molar refractivity (Wildman–Crippen MR) is 123 cm³/mol. The van der Waals surface area contributed by atoms with Crippen LogP contribution in [0.1, 0.15) is 15.9 Å². The van der Waals surface area contributed by atoms with Gasteiger partial charge in [-0.3, -0.25) is 14.9 Å². The van der Waals surface area contributed by atoms with Gasteiger partial charge in [0, 0.05) is 42.0 Å². The molecule has 1 aliphatic rings. The Hall–Kier alpha value is -3.83. The second-order valence-electron chi connectivity index (χ2n) is 7.23. The van der Waals surface area contributed by atoms with E-state index in [4.69, 9.17) is 0 Å². The summed E-state index contributed by atoms with van der Waals surface area (Å²) < 4.78 is 0. The second kappa shape index (κ2) is 9.54. The number of carbonyl (C=O) groups is 1. The van der Waals surface area contributed by atoms with Crippen LogP contribution in [-0.2, 0) is 0 Å². The summed E-state index contributed by atoms with van der Waals surface area (Å²) in [7, 11) is 0. The van der Waals surface area contributed by atoms with Crippen molar-refractivity contribution in [3.05, 3.63) is 94.0 Å². The number of carbonyl (C=O) groups excluding carboxylic acids is 1. The zero-order valence-electron chi connectivity index (χ0n) is 17.2. The number of nitro benzene ring substituents is 1. The molecule has 0 aromatic heterocycles. The van der Waals surface area contributed by atoms with Crippen molar-refractivity contribution in [2.45, 2.75) is 9.79 Å². The number of anilines is 1. The molecule has 0 atom stereocenters. The fourth-order valence-electron chi connectivity index (χ4n) is 3.71. The highest BCUT2D eigenvalue weighted by Crippen LogP contribution is 2.34. The zero-order chi connectivity index (χ0) is 22.5. The van der Waals surface area contributed by atoms with Gasteiger partial charge in [0.2, 0.25) is 0 Å². The first kappa shape index (κ1) is 21.4. The molecule has 3 aromatic rings. The van der Waals surface area contributed by atoms with Crippen molar-refractivity contribution >= 4 is 29.0 Å². The molecule has 0 saturated carbocycles. The molecule has 0 radical (unpaired) electrons. The average molecular weight is 445 g/mol. The van der Waals surface area contributed by atoms with Gasteiger partial charge >= 0.3 is 0 Å². The summed E-state index contributed by atoms with van der Waals surface area (Å²) in [6.45, 7) is 1.98. The van der Waals surface area contributed by atoms with E-state index in [1.165, 1.54) is 17.8 Å². The van der Waals surface area contributed by atoms with Crippen LogP contribution >= 0.6 is 11.8 Å². The Bertz CT molecular complexity index is 1200. The van der Waals surface area contributed by atoms with Gasteiger partial charge in [0.25, 0.3) is 11.6 Å². The van der Waals surface area contributed by atoms with Gasteiger partial charge in [-0.15, -0.1) is 0 Å². The molecule has 0 aliphatic carbocycles. The number of rotatable bonds is 5. The molecular formula is C24H20N4O3S. The van der Waals surface area contributed by atoms with Crippen LogP contribution in [0.2, 0.25) is 0 Å². The number of hydrogen-bond donors (Lipinski definition) is 0. The highest BCUT2D eigenvalue weighted by molar-refractivity contribution is 7.99. The van der Waals surface area contributed by atoms with Crippen LogP contribution in [0.25, 0.3) is 0 Å². The Kier molecular flexibility index (Phi) is 6.38. The Morgan fingerprint density at radius 1 is 0.906 bits per heavy atom. The molecule has 0 unspecified atom stereocenters. The lowest BCUT2D eigenvalue weighted by molar-refractivity contribution is -0.384. The van der Waals surface area contributed by atoms with E-state index in [9.17, 15) is 20.2 Å². The molecule has 0 spiro atoms. The third-order valence-electron chi connectivity index (χ3n) is 5.33. The van der Waals surface area contributed by atoms with E-state index in [1.807, 2.05) is 41.3 Å². The van der Waals surface area contributed by atoms with E-state index in [1.54, 1.807) is 35.2 Å². The average Bonchev–Trinajstić information content (AvgIpc) is 2.84. The number of amides is 1. The maximum absolute atomic E-state index is 13.3. The number of para-hydroxylation sites is 2. The van der Waals surface area contributed by atoms with Gasteiger partial charge in [0.15, 0.2) is 0 Å².